The van der Waals surface area contributed by atoms with Gasteiger partial charge in [-0.1, -0.05) is 132 Å². The lowest BCUT2D eigenvalue weighted by atomic mass is 9.94. The van der Waals surface area contributed by atoms with Crippen LogP contribution >= 0.6 is 0 Å². The van der Waals surface area contributed by atoms with Crippen LogP contribution in [0.3, 0.4) is 0 Å². The van der Waals surface area contributed by atoms with Gasteiger partial charge in [0.05, 0.1) is 0 Å². The van der Waals surface area contributed by atoms with E-state index in [9.17, 15) is 33.6 Å². The molecule has 7 amide bonds. The third-order valence-corrected chi connectivity index (χ3v) is 17.1. The molecule has 0 radical (unpaired) electrons. The van der Waals surface area contributed by atoms with Crippen LogP contribution in [-0.2, 0) is 55.9 Å². The molecular formula is C68H89N7O11. The van der Waals surface area contributed by atoms with Gasteiger partial charge < -0.3 is 50.2 Å². The fraction of sp³-hybridized carbons (Fsp3) is 0.529. The largest absolute Gasteiger partial charge is 0.488 e. The summed E-state index contributed by atoms with van der Waals surface area (Å²) in [4.78, 5) is 120. The number of alkyl carbamates (subject to hydrolysis) is 1. The average molecular weight is 1180 g/mol. The number of nitrogens with one attached hydrogen (secondary N) is 4. The Balaban J connectivity index is 0.985. The minimum atomic E-state index is -1.20. The smallest absolute Gasteiger partial charge is 0.407 e. The Kier molecular flexibility index (Phi) is 21.0. The number of likely N-dealkylation sites (tertiary alicyclic amines) is 3. The van der Waals surface area contributed by atoms with Gasteiger partial charge in [0.1, 0.15) is 65.9 Å². The number of esters is 1. The van der Waals surface area contributed by atoms with Crippen LogP contribution in [0.4, 0.5) is 4.79 Å². The molecule has 4 aliphatic rings. The minimum Gasteiger partial charge on any atom is -0.488 e. The molecule has 4 aromatic rings. The van der Waals surface area contributed by atoms with Crippen LogP contribution in [0.1, 0.15) is 149 Å². The Hall–Kier alpha value is -7.76. The maximum atomic E-state index is 15.2. The Morgan fingerprint density at radius 1 is 0.523 bits per heavy atom. The second-order valence-corrected chi connectivity index (χ2v) is 25.7. The summed E-state index contributed by atoms with van der Waals surface area (Å²) in [6, 6.07) is 25.3. The highest BCUT2D eigenvalue weighted by atomic mass is 16.6. The van der Waals surface area contributed by atoms with Crippen LogP contribution in [0.25, 0.3) is 11.1 Å². The first-order chi connectivity index (χ1) is 40.9. The molecule has 0 unspecified atom stereocenters. The summed E-state index contributed by atoms with van der Waals surface area (Å²) < 4.78 is 17.7. The van der Waals surface area contributed by atoms with Crippen molar-refractivity contribution in [3.8, 4) is 16.9 Å². The minimum absolute atomic E-state index is 0.0290. The monoisotopic (exact) mass is 1180 g/mol. The van der Waals surface area contributed by atoms with Crippen molar-refractivity contribution >= 4 is 47.5 Å². The highest BCUT2D eigenvalue weighted by Crippen LogP contribution is 2.44. The summed E-state index contributed by atoms with van der Waals surface area (Å²) in [5, 5.41) is 11.8. The molecule has 9 atom stereocenters. The van der Waals surface area contributed by atoms with Crippen molar-refractivity contribution in [2.75, 3.05) is 26.2 Å². The molecule has 1 aliphatic carbocycles. The number of hydrogen-bond donors (Lipinski definition) is 4. The highest BCUT2D eigenvalue weighted by Gasteiger charge is 2.45. The van der Waals surface area contributed by atoms with E-state index in [1.165, 1.54) is 14.7 Å². The molecule has 86 heavy (non-hydrogen) atoms. The van der Waals surface area contributed by atoms with E-state index < -0.39 is 101 Å². The number of nitrogens with zero attached hydrogens (tertiary/aromatic N) is 3. The van der Waals surface area contributed by atoms with Crippen molar-refractivity contribution in [3.63, 3.8) is 0 Å². The van der Waals surface area contributed by atoms with Gasteiger partial charge in [-0.15, -0.1) is 0 Å². The van der Waals surface area contributed by atoms with E-state index in [1.807, 2.05) is 127 Å². The standard InChI is InChI=1S/C68H89N7O11/c1-11-42(3)57(72-66(83)84-41-51-49-27-18-16-25-47(49)48-26-17-19-28-50(48)51)61(78)71-58(43(4)12-2)64(81)74-37-21-30-55(74)60(77)70-53(40-45-32-34-46(35-33-45)85-67(5,6)7)62(79)73-36-20-29-54(73)59(76)69-52(39-44-23-14-13-15-24-44)63(80)75-38-22-31-56(75)65(82)86-68(8,9)10/h13-19,23-28,32-35,42-43,51-58H,11-12,20-22,29-31,36-41H2,1-10H3,(H,69,76)(H,70,77)(H,71,78)(H,72,83)/t42-,43-,52-,53-,54-,55-,56-,57-,58-/m0/s1. The van der Waals surface area contributed by atoms with Crippen LogP contribution in [0, 0.1) is 11.8 Å². The Morgan fingerprint density at radius 2 is 0.977 bits per heavy atom. The maximum absolute atomic E-state index is 15.2. The predicted molar refractivity (Wildman–Crippen MR) is 327 cm³/mol. The summed E-state index contributed by atoms with van der Waals surface area (Å²) in [5.74, 6) is -3.89. The average Bonchev–Trinajstić information content (AvgIpc) is 2.02. The van der Waals surface area contributed by atoms with Crippen molar-refractivity contribution < 1.29 is 52.6 Å². The Morgan fingerprint density at radius 3 is 1.48 bits per heavy atom. The van der Waals surface area contributed by atoms with Crippen LogP contribution in [0.5, 0.6) is 5.75 Å². The number of ether oxygens (including phenoxy) is 3. The first kappa shape index (κ1) is 64.2. The van der Waals surface area contributed by atoms with Gasteiger partial charge in [0, 0.05) is 38.4 Å². The number of carbonyl (C=O) groups is 8. The molecule has 4 N–H and O–H groups in total. The Labute approximate surface area is 507 Å². The molecule has 0 saturated carbocycles. The van der Waals surface area contributed by atoms with Gasteiger partial charge in [0.15, 0.2) is 0 Å². The second-order valence-electron chi connectivity index (χ2n) is 25.7. The van der Waals surface area contributed by atoms with E-state index in [0.29, 0.717) is 62.8 Å². The molecule has 18 nitrogen and oxygen atoms in total. The number of hydrogen-bond acceptors (Lipinski definition) is 11. The third-order valence-electron chi connectivity index (χ3n) is 17.1. The predicted octanol–water partition coefficient (Wildman–Crippen LogP) is 8.42. The van der Waals surface area contributed by atoms with Gasteiger partial charge in [-0.05, 0) is 137 Å². The third kappa shape index (κ3) is 15.8. The first-order valence-corrected chi connectivity index (χ1v) is 30.9. The normalized spacial score (nSPS) is 19.7. The van der Waals surface area contributed by atoms with E-state index >= 15 is 4.79 Å². The fourth-order valence-electron chi connectivity index (χ4n) is 12.3. The zero-order valence-corrected chi connectivity index (χ0v) is 51.8. The van der Waals surface area contributed by atoms with Crippen molar-refractivity contribution in [3.05, 3.63) is 125 Å². The summed E-state index contributed by atoms with van der Waals surface area (Å²) in [6.45, 7) is 19.4. The van der Waals surface area contributed by atoms with E-state index in [2.05, 4.69) is 33.4 Å². The molecule has 0 bridgehead atoms. The molecule has 3 saturated heterocycles. The molecule has 3 fully saturated rings. The van der Waals surface area contributed by atoms with Crippen LogP contribution in [0.2, 0.25) is 0 Å². The van der Waals surface area contributed by atoms with Crippen molar-refractivity contribution in [1.29, 1.82) is 0 Å². The number of carbonyl (C=O) groups excluding carboxylic acids is 8. The SMILES string of the molecule is CC[C@H](C)[C@H](NC(=O)OCC1c2ccccc2-c2ccccc21)C(=O)N[C@H](C(=O)N1CCC[C@H]1C(=O)N[C@@H](Cc1ccc(OC(C)(C)C)cc1)C(=O)N1CCC[C@H]1C(=O)N[C@@H](Cc1ccccc1)C(=O)N1CCC[C@H]1C(=O)OC(C)(C)C)[C@@H](C)CC. The number of amides is 7. The molecule has 3 aliphatic heterocycles. The summed E-state index contributed by atoms with van der Waals surface area (Å²) in [7, 11) is 0. The van der Waals surface area contributed by atoms with Gasteiger partial charge >= 0.3 is 12.1 Å². The van der Waals surface area contributed by atoms with Crippen molar-refractivity contribution in [1.82, 2.24) is 36.0 Å². The van der Waals surface area contributed by atoms with Crippen LogP contribution in [-0.4, -0.2) is 142 Å². The number of rotatable bonds is 22. The molecule has 4 aromatic carbocycles. The van der Waals surface area contributed by atoms with E-state index in [4.69, 9.17) is 14.2 Å². The quantitative estimate of drug-likeness (QED) is 0.0547. The van der Waals surface area contributed by atoms with Crippen LogP contribution < -0.4 is 26.0 Å². The summed E-state index contributed by atoms with van der Waals surface area (Å²) in [6.07, 6.45) is 2.96. The fourth-order valence-corrected chi connectivity index (χ4v) is 12.3. The first-order valence-electron chi connectivity index (χ1n) is 30.9. The van der Waals surface area contributed by atoms with Gasteiger partial charge in [0.2, 0.25) is 35.4 Å². The molecular weight excluding hydrogens is 1090 g/mol. The molecule has 3 heterocycles. The van der Waals surface area contributed by atoms with Crippen molar-refractivity contribution in [2.24, 2.45) is 11.8 Å². The topological polar surface area (TPSA) is 222 Å². The second kappa shape index (κ2) is 28.2. The molecule has 462 valence electrons. The van der Waals surface area contributed by atoms with Gasteiger partial charge in [-0.25, -0.2) is 9.59 Å². The van der Waals surface area contributed by atoms with E-state index in [1.54, 1.807) is 32.9 Å². The maximum Gasteiger partial charge on any atom is 0.407 e. The lowest BCUT2D eigenvalue weighted by molar-refractivity contribution is -0.163. The Bertz CT molecular complexity index is 3020. The summed E-state index contributed by atoms with van der Waals surface area (Å²) >= 11 is 0. The zero-order chi connectivity index (χ0) is 62.0. The number of fused-ring (bicyclic) bond motifs is 3. The molecule has 8 rings (SSSR count). The lowest BCUT2D eigenvalue weighted by Gasteiger charge is -2.34. The van der Waals surface area contributed by atoms with Gasteiger partial charge in [-0.2, -0.15) is 0 Å². The molecule has 0 spiro atoms. The van der Waals surface area contributed by atoms with E-state index in [-0.39, 0.29) is 56.7 Å². The van der Waals surface area contributed by atoms with Gasteiger partial charge in [0.25, 0.3) is 0 Å². The van der Waals surface area contributed by atoms with Crippen molar-refractivity contribution in [2.45, 2.75) is 193 Å². The summed E-state index contributed by atoms with van der Waals surface area (Å²) in [5.41, 5.74) is 4.51. The van der Waals surface area contributed by atoms with Crippen LogP contribution in [0.15, 0.2) is 103 Å². The zero-order valence-electron chi connectivity index (χ0n) is 51.8. The highest BCUT2D eigenvalue weighted by molar-refractivity contribution is 5.98. The lowest BCUT2D eigenvalue weighted by Crippen LogP contribution is -2.61. The molecule has 18 heteroatoms. The molecule has 0 aromatic heterocycles. The van der Waals surface area contributed by atoms with E-state index in [0.717, 1.165) is 27.8 Å². The number of benzene rings is 4. The van der Waals surface area contributed by atoms with Gasteiger partial charge in [-0.3, -0.25) is 28.8 Å².